The van der Waals surface area contributed by atoms with Gasteiger partial charge in [-0.2, -0.15) is 0 Å². The number of anilines is 2. The van der Waals surface area contributed by atoms with Crippen molar-refractivity contribution < 1.29 is 14.4 Å². The Morgan fingerprint density at radius 1 is 0.935 bits per heavy atom. The summed E-state index contributed by atoms with van der Waals surface area (Å²) in [6.07, 6.45) is 3.20. The number of hydrogen-bond acceptors (Lipinski definition) is 4. The molecule has 1 saturated heterocycles. The number of imide groups is 1. The number of nitrogens with one attached hydrogen (secondary N) is 1. The Morgan fingerprint density at radius 2 is 1.61 bits per heavy atom. The number of carbonyl (C=O) groups is 3. The first-order valence-electron chi connectivity index (χ1n) is 10.1. The molecule has 2 aliphatic heterocycles. The fourth-order valence-electron chi connectivity index (χ4n) is 3.77. The maximum absolute atomic E-state index is 13.0. The predicted molar refractivity (Wildman–Crippen MR) is 121 cm³/mol. The molecule has 2 aromatic rings. The van der Waals surface area contributed by atoms with Gasteiger partial charge in [0.05, 0.1) is 5.69 Å². The van der Waals surface area contributed by atoms with Gasteiger partial charge >= 0.3 is 0 Å². The van der Waals surface area contributed by atoms with E-state index in [1.54, 1.807) is 49.4 Å². The number of benzene rings is 2. The van der Waals surface area contributed by atoms with E-state index in [2.05, 4.69) is 5.32 Å². The minimum atomic E-state index is -0.614. The molecule has 4 rings (SSSR count). The number of hydrogen-bond donors (Lipinski definition) is 1. The minimum Gasteiger partial charge on any atom is -0.350 e. The highest BCUT2D eigenvalue weighted by molar-refractivity contribution is 6.53. The van der Waals surface area contributed by atoms with Gasteiger partial charge in [-0.05, 0) is 68.1 Å². The summed E-state index contributed by atoms with van der Waals surface area (Å²) in [4.78, 5) is 41.1. The number of amides is 3. The third-order valence-corrected chi connectivity index (χ3v) is 6.07. The van der Waals surface area contributed by atoms with E-state index in [0.717, 1.165) is 42.8 Å². The normalized spacial score (nSPS) is 16.9. The van der Waals surface area contributed by atoms with E-state index < -0.39 is 11.8 Å². The van der Waals surface area contributed by atoms with Gasteiger partial charge < -0.3 is 10.2 Å². The fourth-order valence-corrected chi connectivity index (χ4v) is 4.15. The van der Waals surface area contributed by atoms with Gasteiger partial charge in [0.2, 0.25) is 0 Å². The number of piperidine rings is 1. The molecule has 0 aliphatic carbocycles. The van der Waals surface area contributed by atoms with E-state index in [4.69, 9.17) is 23.2 Å². The van der Waals surface area contributed by atoms with E-state index in [1.165, 1.54) is 0 Å². The first-order chi connectivity index (χ1) is 14.9. The summed E-state index contributed by atoms with van der Waals surface area (Å²) in [5.41, 5.74) is 2.23. The Bertz CT molecular complexity index is 1090. The highest BCUT2D eigenvalue weighted by Crippen LogP contribution is 2.33. The van der Waals surface area contributed by atoms with Crippen molar-refractivity contribution in [2.45, 2.75) is 26.2 Å². The maximum Gasteiger partial charge on any atom is 0.283 e. The molecule has 160 valence electrons. The van der Waals surface area contributed by atoms with Crippen LogP contribution in [0.15, 0.2) is 53.2 Å². The Morgan fingerprint density at radius 3 is 2.29 bits per heavy atom. The molecule has 2 aromatic carbocycles. The van der Waals surface area contributed by atoms with Crippen molar-refractivity contribution in [2.24, 2.45) is 0 Å². The Hall–Kier alpha value is -2.83. The first-order valence-corrected chi connectivity index (χ1v) is 10.8. The van der Waals surface area contributed by atoms with Crippen LogP contribution in [0, 0.1) is 6.92 Å². The number of halogens is 2. The molecule has 0 unspecified atom stereocenters. The number of likely N-dealkylation sites (tertiary alicyclic amines) is 1. The summed E-state index contributed by atoms with van der Waals surface area (Å²) in [6.45, 7) is 3.33. The number of rotatable bonds is 4. The van der Waals surface area contributed by atoms with Crippen LogP contribution in [0.25, 0.3) is 0 Å². The molecular weight excluding hydrogens is 437 g/mol. The Kier molecular flexibility index (Phi) is 6.03. The Labute approximate surface area is 190 Å². The molecule has 2 aliphatic rings. The molecule has 1 fully saturated rings. The lowest BCUT2D eigenvalue weighted by Crippen LogP contribution is -2.35. The van der Waals surface area contributed by atoms with Gasteiger partial charge in [-0.3, -0.25) is 14.4 Å². The second-order valence-electron chi connectivity index (χ2n) is 7.62. The van der Waals surface area contributed by atoms with E-state index in [0.29, 0.717) is 22.0 Å². The minimum absolute atomic E-state index is 0.00164. The third-order valence-electron chi connectivity index (χ3n) is 5.48. The zero-order valence-corrected chi connectivity index (χ0v) is 18.5. The van der Waals surface area contributed by atoms with Gasteiger partial charge in [-0.1, -0.05) is 29.3 Å². The van der Waals surface area contributed by atoms with Gasteiger partial charge in [0.1, 0.15) is 10.7 Å². The van der Waals surface area contributed by atoms with Crippen LogP contribution in [-0.2, 0) is 9.59 Å². The number of carbonyl (C=O) groups excluding carboxylic acids is 3. The van der Waals surface area contributed by atoms with E-state index >= 15 is 0 Å². The van der Waals surface area contributed by atoms with Gasteiger partial charge in [-0.15, -0.1) is 0 Å². The van der Waals surface area contributed by atoms with Crippen molar-refractivity contribution in [3.05, 3.63) is 69.3 Å². The van der Waals surface area contributed by atoms with Crippen LogP contribution in [0.4, 0.5) is 11.4 Å². The van der Waals surface area contributed by atoms with Gasteiger partial charge in [0, 0.05) is 29.4 Å². The maximum atomic E-state index is 13.0. The second-order valence-corrected chi connectivity index (χ2v) is 8.44. The summed E-state index contributed by atoms with van der Waals surface area (Å²) >= 11 is 12.3. The van der Waals surface area contributed by atoms with Crippen LogP contribution in [-0.4, -0.2) is 35.7 Å². The van der Waals surface area contributed by atoms with Crippen LogP contribution in [0.1, 0.15) is 35.2 Å². The monoisotopic (exact) mass is 457 g/mol. The molecule has 0 atom stereocenters. The van der Waals surface area contributed by atoms with Crippen molar-refractivity contribution >= 4 is 52.3 Å². The van der Waals surface area contributed by atoms with Crippen molar-refractivity contribution in [3.63, 3.8) is 0 Å². The quantitative estimate of drug-likeness (QED) is 0.674. The lowest BCUT2D eigenvalue weighted by Gasteiger charge is -2.26. The third kappa shape index (κ3) is 4.18. The van der Waals surface area contributed by atoms with Crippen LogP contribution >= 0.6 is 23.2 Å². The summed E-state index contributed by atoms with van der Waals surface area (Å²) in [6, 6.07) is 11.8. The lowest BCUT2D eigenvalue weighted by molar-refractivity contribution is -0.120. The van der Waals surface area contributed by atoms with Crippen molar-refractivity contribution in [3.8, 4) is 0 Å². The lowest BCUT2D eigenvalue weighted by atomic mass is 10.1. The molecule has 6 nitrogen and oxygen atoms in total. The molecule has 1 N–H and O–H groups in total. The standard InChI is InChI=1S/C23H21Cl2N3O3/c1-14-5-8-16(24)13-18(14)28-22(30)19(25)20(23(28)31)26-17-9-6-15(7-10-17)21(29)27-11-3-2-4-12-27/h5-10,13,26H,2-4,11-12H2,1H3. The second kappa shape index (κ2) is 8.73. The van der Waals surface area contributed by atoms with Gasteiger partial charge in [0.25, 0.3) is 17.7 Å². The van der Waals surface area contributed by atoms with Gasteiger partial charge in [0.15, 0.2) is 0 Å². The molecular formula is C23H21Cl2N3O3. The van der Waals surface area contributed by atoms with Gasteiger partial charge in [-0.25, -0.2) is 4.90 Å². The molecule has 0 radical (unpaired) electrons. The van der Waals surface area contributed by atoms with Crippen LogP contribution in [0.5, 0.6) is 0 Å². The summed E-state index contributed by atoms with van der Waals surface area (Å²) in [7, 11) is 0. The average Bonchev–Trinajstić information content (AvgIpc) is 2.99. The van der Waals surface area contributed by atoms with E-state index in [9.17, 15) is 14.4 Å². The van der Waals surface area contributed by atoms with E-state index in [-0.39, 0.29) is 16.6 Å². The fraction of sp³-hybridized carbons (Fsp3) is 0.261. The molecule has 31 heavy (non-hydrogen) atoms. The smallest absolute Gasteiger partial charge is 0.283 e. The average molecular weight is 458 g/mol. The highest BCUT2D eigenvalue weighted by Gasteiger charge is 2.39. The molecule has 0 spiro atoms. The molecule has 3 amide bonds. The summed E-state index contributed by atoms with van der Waals surface area (Å²) < 4.78 is 0. The van der Waals surface area contributed by atoms with Crippen LogP contribution in [0.3, 0.4) is 0 Å². The van der Waals surface area contributed by atoms with Crippen molar-refractivity contribution in [2.75, 3.05) is 23.3 Å². The highest BCUT2D eigenvalue weighted by atomic mass is 35.5. The molecule has 2 heterocycles. The van der Waals surface area contributed by atoms with Crippen LogP contribution < -0.4 is 10.2 Å². The summed E-state index contributed by atoms with van der Waals surface area (Å²) in [5, 5.41) is 3.14. The molecule has 0 bridgehead atoms. The zero-order chi connectivity index (χ0) is 22.1. The topological polar surface area (TPSA) is 69.7 Å². The van der Waals surface area contributed by atoms with E-state index in [1.807, 2.05) is 4.90 Å². The SMILES string of the molecule is Cc1ccc(Cl)cc1N1C(=O)C(Cl)=C(Nc2ccc(C(=O)N3CCCCC3)cc2)C1=O. The largest absolute Gasteiger partial charge is 0.350 e. The zero-order valence-electron chi connectivity index (χ0n) is 17.0. The van der Waals surface area contributed by atoms with Crippen LogP contribution in [0.2, 0.25) is 5.02 Å². The Balaban J connectivity index is 1.52. The molecule has 0 aromatic heterocycles. The van der Waals surface area contributed by atoms with Crippen molar-refractivity contribution in [1.82, 2.24) is 4.90 Å². The van der Waals surface area contributed by atoms with Crippen molar-refractivity contribution in [1.29, 1.82) is 0 Å². The molecule has 0 saturated carbocycles. The first kappa shape index (κ1) is 21.4. The number of aryl methyl sites for hydroxylation is 1. The summed E-state index contributed by atoms with van der Waals surface area (Å²) in [5.74, 6) is -1.18. The predicted octanol–water partition coefficient (Wildman–Crippen LogP) is 4.71. The molecule has 8 heteroatoms. The number of nitrogens with zero attached hydrogens (tertiary/aromatic N) is 2.